The van der Waals surface area contributed by atoms with Gasteiger partial charge in [0.15, 0.2) is 11.6 Å². The van der Waals surface area contributed by atoms with Crippen LogP contribution in [-0.4, -0.2) is 52.2 Å². The molecular formula is C21H20F3N7O3S. The summed E-state index contributed by atoms with van der Waals surface area (Å²) in [7, 11) is 0. The van der Waals surface area contributed by atoms with Crippen LogP contribution in [0, 0.1) is 0 Å². The van der Waals surface area contributed by atoms with Crippen LogP contribution in [0.5, 0.6) is 5.75 Å². The summed E-state index contributed by atoms with van der Waals surface area (Å²) >= 11 is 1.36. The molecule has 10 nitrogen and oxygen atoms in total. The van der Waals surface area contributed by atoms with E-state index in [1.54, 1.807) is 12.1 Å². The van der Waals surface area contributed by atoms with Crippen LogP contribution in [-0.2, 0) is 16.0 Å². The molecule has 1 aromatic carbocycles. The summed E-state index contributed by atoms with van der Waals surface area (Å²) in [6, 6.07) is 8.61. The van der Waals surface area contributed by atoms with Crippen molar-refractivity contribution in [3.05, 3.63) is 47.0 Å². The van der Waals surface area contributed by atoms with E-state index >= 15 is 0 Å². The van der Waals surface area contributed by atoms with Crippen molar-refractivity contribution in [3.8, 4) is 5.75 Å². The minimum Gasteiger partial charge on any atom is -0.406 e. The second-order valence-corrected chi connectivity index (χ2v) is 8.67. The zero-order valence-electron chi connectivity index (χ0n) is 18.2. The molecule has 3 aromatic rings. The van der Waals surface area contributed by atoms with E-state index in [-0.39, 0.29) is 23.9 Å². The van der Waals surface area contributed by atoms with E-state index in [4.69, 9.17) is 0 Å². The normalized spacial score (nSPS) is 14.4. The summed E-state index contributed by atoms with van der Waals surface area (Å²) in [6.45, 7) is 1.47. The molecule has 0 radical (unpaired) electrons. The van der Waals surface area contributed by atoms with Crippen LogP contribution in [0.15, 0.2) is 36.4 Å². The monoisotopic (exact) mass is 507 g/mol. The van der Waals surface area contributed by atoms with E-state index in [1.165, 1.54) is 23.5 Å². The second-order valence-electron chi connectivity index (χ2n) is 7.67. The molecule has 14 heteroatoms. The Morgan fingerprint density at radius 1 is 1.14 bits per heavy atom. The molecule has 2 aromatic heterocycles. The van der Waals surface area contributed by atoms with Crippen molar-refractivity contribution in [3.63, 3.8) is 0 Å². The van der Waals surface area contributed by atoms with Crippen LogP contribution in [0.3, 0.4) is 0 Å². The molecule has 1 saturated heterocycles. The summed E-state index contributed by atoms with van der Waals surface area (Å²) < 4.78 is 41.0. The number of nitrogens with one attached hydrogen (secondary N) is 2. The molecule has 1 aliphatic heterocycles. The highest BCUT2D eigenvalue weighted by molar-refractivity contribution is 7.15. The standard InChI is InChI=1S/C21H20F3N7O3S/c22-21(23,24)34-15-3-1-2-13(10-15)11-18(33)26-16-4-5-17(28-27-16)31-8-6-14(7-9-31)19-29-30-20(35-19)25-12-32/h1-5,10,12,14H,6-9,11H2,(H,25,30,32)(H,26,27,33). The van der Waals surface area contributed by atoms with Crippen molar-refractivity contribution in [2.75, 3.05) is 28.6 Å². The van der Waals surface area contributed by atoms with Gasteiger partial charge in [-0.3, -0.25) is 9.59 Å². The number of aromatic nitrogens is 4. The summed E-state index contributed by atoms with van der Waals surface area (Å²) in [4.78, 5) is 24.9. The third kappa shape index (κ3) is 6.85. The van der Waals surface area contributed by atoms with Crippen molar-refractivity contribution >= 4 is 40.4 Å². The maximum absolute atomic E-state index is 12.4. The number of nitrogens with zero attached hydrogens (tertiary/aromatic N) is 5. The molecule has 0 unspecified atom stereocenters. The molecule has 0 spiro atoms. The Kier molecular flexibility index (Phi) is 7.39. The van der Waals surface area contributed by atoms with E-state index in [2.05, 4.69) is 40.7 Å². The zero-order valence-corrected chi connectivity index (χ0v) is 19.0. The number of hydrogen-bond acceptors (Lipinski definition) is 9. The second kappa shape index (κ2) is 10.6. The average Bonchev–Trinajstić information content (AvgIpc) is 3.28. The van der Waals surface area contributed by atoms with Gasteiger partial charge in [-0.15, -0.1) is 33.6 Å². The van der Waals surface area contributed by atoms with Crippen molar-refractivity contribution < 1.29 is 27.5 Å². The fraction of sp³-hybridized carbons (Fsp3) is 0.333. The molecule has 0 atom stereocenters. The number of halogens is 3. The lowest BCUT2D eigenvalue weighted by Gasteiger charge is -2.31. The van der Waals surface area contributed by atoms with Crippen LogP contribution in [0.2, 0.25) is 0 Å². The first-order chi connectivity index (χ1) is 16.8. The molecule has 35 heavy (non-hydrogen) atoms. The number of benzene rings is 1. The minimum atomic E-state index is -4.80. The molecule has 1 fully saturated rings. The third-order valence-corrected chi connectivity index (χ3v) is 6.22. The first-order valence-corrected chi connectivity index (χ1v) is 11.4. The Labute approximate surface area is 201 Å². The topological polar surface area (TPSA) is 122 Å². The van der Waals surface area contributed by atoms with Crippen molar-refractivity contribution in [2.45, 2.75) is 31.5 Å². The summed E-state index contributed by atoms with van der Waals surface area (Å²) in [5, 5.41) is 22.8. The van der Waals surface area contributed by atoms with Gasteiger partial charge in [0.25, 0.3) is 0 Å². The van der Waals surface area contributed by atoms with Gasteiger partial charge in [-0.25, -0.2) is 0 Å². The lowest BCUT2D eigenvalue weighted by Crippen LogP contribution is -2.33. The van der Waals surface area contributed by atoms with E-state index < -0.39 is 12.3 Å². The number of carbonyl (C=O) groups excluding carboxylic acids is 2. The predicted molar refractivity (Wildman–Crippen MR) is 121 cm³/mol. The quantitative estimate of drug-likeness (QED) is 0.445. The van der Waals surface area contributed by atoms with Gasteiger partial charge in [0.05, 0.1) is 6.42 Å². The summed E-state index contributed by atoms with van der Waals surface area (Å²) in [5.41, 5.74) is 0.362. The van der Waals surface area contributed by atoms with Gasteiger partial charge in [0.2, 0.25) is 17.4 Å². The van der Waals surface area contributed by atoms with Gasteiger partial charge in [-0.05, 0) is 42.7 Å². The Bertz CT molecular complexity index is 1170. The number of amides is 2. The molecule has 2 N–H and O–H groups in total. The number of ether oxygens (including phenoxy) is 1. The highest BCUT2D eigenvalue weighted by Gasteiger charge is 2.31. The SMILES string of the molecule is O=CNc1nnc(C2CCN(c3ccc(NC(=O)Cc4cccc(OC(F)(F)F)c4)nn3)CC2)s1. The first kappa shape index (κ1) is 24.3. The predicted octanol–water partition coefficient (Wildman–Crippen LogP) is 3.36. The fourth-order valence-corrected chi connectivity index (χ4v) is 4.52. The van der Waals surface area contributed by atoms with E-state index in [9.17, 15) is 22.8 Å². The number of rotatable bonds is 8. The van der Waals surface area contributed by atoms with Gasteiger partial charge >= 0.3 is 6.36 Å². The Balaban J connectivity index is 1.28. The Morgan fingerprint density at radius 3 is 2.63 bits per heavy atom. The lowest BCUT2D eigenvalue weighted by molar-refractivity contribution is -0.274. The molecule has 4 rings (SSSR count). The van der Waals surface area contributed by atoms with Crippen molar-refractivity contribution in [2.24, 2.45) is 0 Å². The Morgan fingerprint density at radius 2 is 1.94 bits per heavy atom. The number of anilines is 3. The van der Waals surface area contributed by atoms with Crippen LogP contribution in [0.4, 0.5) is 29.9 Å². The zero-order chi connectivity index (χ0) is 24.8. The fourth-order valence-electron chi connectivity index (χ4n) is 3.65. The highest BCUT2D eigenvalue weighted by atomic mass is 32.1. The molecule has 0 saturated carbocycles. The Hall–Kier alpha value is -3.81. The van der Waals surface area contributed by atoms with E-state index in [1.807, 2.05) is 0 Å². The number of piperidine rings is 1. The smallest absolute Gasteiger partial charge is 0.406 e. The molecule has 0 bridgehead atoms. The average molecular weight is 507 g/mol. The minimum absolute atomic E-state index is 0.151. The van der Waals surface area contributed by atoms with Gasteiger partial charge in [-0.2, -0.15) is 0 Å². The van der Waals surface area contributed by atoms with Gasteiger partial charge in [0.1, 0.15) is 10.8 Å². The highest BCUT2D eigenvalue weighted by Crippen LogP contribution is 2.32. The first-order valence-electron chi connectivity index (χ1n) is 10.6. The number of alkyl halides is 3. The van der Waals surface area contributed by atoms with Crippen LogP contribution in [0.1, 0.15) is 29.3 Å². The lowest BCUT2D eigenvalue weighted by atomic mass is 9.98. The third-order valence-electron chi connectivity index (χ3n) is 5.21. The van der Waals surface area contributed by atoms with Gasteiger partial charge < -0.3 is 20.3 Å². The van der Waals surface area contributed by atoms with Gasteiger partial charge in [-0.1, -0.05) is 23.5 Å². The summed E-state index contributed by atoms with van der Waals surface area (Å²) in [5.74, 6) is 0.314. The molecule has 2 amide bonds. The van der Waals surface area contributed by atoms with E-state index in [0.29, 0.717) is 22.9 Å². The van der Waals surface area contributed by atoms with Crippen molar-refractivity contribution in [1.82, 2.24) is 20.4 Å². The largest absolute Gasteiger partial charge is 0.573 e. The maximum atomic E-state index is 12.4. The molecular weight excluding hydrogens is 487 g/mol. The van der Waals surface area contributed by atoms with Crippen LogP contribution < -0.4 is 20.3 Å². The maximum Gasteiger partial charge on any atom is 0.573 e. The van der Waals surface area contributed by atoms with Crippen molar-refractivity contribution in [1.29, 1.82) is 0 Å². The molecule has 3 heterocycles. The molecule has 1 aliphatic rings. The molecule has 0 aliphatic carbocycles. The van der Waals surface area contributed by atoms with Gasteiger partial charge in [0, 0.05) is 19.0 Å². The molecule has 184 valence electrons. The van der Waals surface area contributed by atoms with Crippen LogP contribution in [0.25, 0.3) is 0 Å². The number of hydrogen-bond donors (Lipinski definition) is 2. The van der Waals surface area contributed by atoms with E-state index in [0.717, 1.165) is 43.1 Å². The number of carbonyl (C=O) groups is 2. The summed E-state index contributed by atoms with van der Waals surface area (Å²) in [6.07, 6.45) is -2.70. The van der Waals surface area contributed by atoms with Crippen LogP contribution >= 0.6 is 11.3 Å².